The topological polar surface area (TPSA) is 100.0 Å². The molecule has 0 radical (unpaired) electrons. The third-order valence-electron chi connectivity index (χ3n) is 4.35. The van der Waals surface area contributed by atoms with Gasteiger partial charge < -0.3 is 0 Å². The molecule has 0 bridgehead atoms. The summed E-state index contributed by atoms with van der Waals surface area (Å²) in [5, 5.41) is 8.56. The number of fused-ring (bicyclic) bond motifs is 2. The number of aromatic nitrogens is 7. The Kier molecular flexibility index (Phi) is 3.55. The maximum Gasteiger partial charge on any atom is 0.301 e. The number of imidazole rings is 1. The minimum Gasteiger partial charge on any atom is -0.287 e. The number of halogens is 1. The van der Waals surface area contributed by atoms with Gasteiger partial charge >= 0.3 is 10.0 Å². The normalized spacial score (nSPS) is 12.2. The van der Waals surface area contributed by atoms with Gasteiger partial charge in [0, 0.05) is 36.8 Å². The standard InChI is InChI=1S/C17H12ClN7O2S/c1-23-9-12(6-21-23)11-4-15-14(19-5-11)7-22-25(15)28(26,27)17-8-20-16-3-2-13(18)10-24(16)17/h2-10H,1H3. The van der Waals surface area contributed by atoms with Gasteiger partial charge in [-0.05, 0) is 18.2 Å². The van der Waals surface area contributed by atoms with E-state index in [0.717, 1.165) is 15.2 Å². The zero-order chi connectivity index (χ0) is 19.5. The van der Waals surface area contributed by atoms with Crippen LogP contribution < -0.4 is 0 Å². The van der Waals surface area contributed by atoms with Gasteiger partial charge in [-0.3, -0.25) is 14.1 Å². The van der Waals surface area contributed by atoms with Gasteiger partial charge in [-0.25, -0.2) is 4.98 Å². The van der Waals surface area contributed by atoms with Crippen LogP contribution in [-0.4, -0.2) is 41.8 Å². The Morgan fingerprint density at radius 3 is 2.61 bits per heavy atom. The number of hydrogen-bond acceptors (Lipinski definition) is 6. The highest BCUT2D eigenvalue weighted by molar-refractivity contribution is 7.90. The van der Waals surface area contributed by atoms with Crippen LogP contribution in [0.15, 0.2) is 60.4 Å². The third kappa shape index (κ3) is 2.49. The Hall–Kier alpha value is -3.24. The molecule has 5 aromatic rings. The lowest BCUT2D eigenvalue weighted by Gasteiger charge is -2.06. The number of hydrogen-bond donors (Lipinski definition) is 0. The fourth-order valence-corrected chi connectivity index (χ4v) is 4.51. The van der Waals surface area contributed by atoms with Crippen molar-refractivity contribution >= 4 is 38.3 Å². The molecule has 5 aromatic heterocycles. The van der Waals surface area contributed by atoms with Crippen LogP contribution >= 0.6 is 11.6 Å². The van der Waals surface area contributed by atoms with Gasteiger partial charge in [-0.2, -0.15) is 22.7 Å². The van der Waals surface area contributed by atoms with Gasteiger partial charge in [-0.15, -0.1) is 0 Å². The van der Waals surface area contributed by atoms with Gasteiger partial charge in [0.1, 0.15) is 16.7 Å². The molecule has 0 aliphatic heterocycles. The summed E-state index contributed by atoms with van der Waals surface area (Å²) in [6.45, 7) is 0. The van der Waals surface area contributed by atoms with Crippen LogP contribution in [0, 0.1) is 0 Å². The number of pyridine rings is 2. The second-order valence-corrected chi connectivity index (χ2v) is 8.35. The zero-order valence-corrected chi connectivity index (χ0v) is 16.0. The zero-order valence-electron chi connectivity index (χ0n) is 14.4. The second-order valence-electron chi connectivity index (χ2n) is 6.20. The Morgan fingerprint density at radius 1 is 0.964 bits per heavy atom. The molecular formula is C17H12ClN7O2S. The minimum absolute atomic E-state index is 0.0400. The highest BCUT2D eigenvalue weighted by Gasteiger charge is 2.25. The Labute approximate surface area is 163 Å². The summed E-state index contributed by atoms with van der Waals surface area (Å²) in [6.07, 6.45) is 9.37. The largest absolute Gasteiger partial charge is 0.301 e. The summed E-state index contributed by atoms with van der Waals surface area (Å²) in [6, 6.07) is 5.01. The Bertz CT molecular complexity index is 1470. The van der Waals surface area contributed by atoms with Gasteiger partial charge in [-0.1, -0.05) is 11.6 Å². The predicted molar refractivity (Wildman–Crippen MR) is 103 cm³/mol. The third-order valence-corrected chi connectivity index (χ3v) is 6.15. The van der Waals surface area contributed by atoms with Crippen LogP contribution in [0.4, 0.5) is 0 Å². The summed E-state index contributed by atoms with van der Waals surface area (Å²) in [7, 11) is -2.22. The Morgan fingerprint density at radius 2 is 1.82 bits per heavy atom. The van der Waals surface area contributed by atoms with E-state index >= 15 is 0 Å². The highest BCUT2D eigenvalue weighted by atomic mass is 35.5. The van der Waals surface area contributed by atoms with Crippen LogP contribution in [0.3, 0.4) is 0 Å². The maximum absolute atomic E-state index is 13.3. The summed E-state index contributed by atoms with van der Waals surface area (Å²) in [5.74, 6) is 0. The maximum atomic E-state index is 13.3. The molecule has 0 spiro atoms. The van der Waals surface area contributed by atoms with Crippen molar-refractivity contribution in [1.82, 2.24) is 33.3 Å². The summed E-state index contributed by atoms with van der Waals surface area (Å²) in [5.41, 5.74) is 2.84. The molecule has 0 unspecified atom stereocenters. The van der Waals surface area contributed by atoms with E-state index < -0.39 is 10.0 Å². The van der Waals surface area contributed by atoms with Crippen molar-refractivity contribution in [2.75, 3.05) is 0 Å². The van der Waals surface area contributed by atoms with Crippen molar-refractivity contribution in [3.8, 4) is 11.1 Å². The molecule has 0 atom stereocenters. The van der Waals surface area contributed by atoms with E-state index in [1.54, 1.807) is 42.3 Å². The van der Waals surface area contributed by atoms with Crippen molar-refractivity contribution in [2.24, 2.45) is 7.05 Å². The fourth-order valence-electron chi connectivity index (χ4n) is 3.02. The second kappa shape index (κ2) is 5.88. The molecule has 5 heterocycles. The van der Waals surface area contributed by atoms with Crippen molar-refractivity contribution in [1.29, 1.82) is 0 Å². The van der Waals surface area contributed by atoms with Crippen LogP contribution in [-0.2, 0) is 17.1 Å². The molecular weight excluding hydrogens is 402 g/mol. The van der Waals surface area contributed by atoms with Gasteiger partial charge in [0.2, 0.25) is 0 Å². The van der Waals surface area contributed by atoms with E-state index in [1.165, 1.54) is 23.0 Å². The van der Waals surface area contributed by atoms with E-state index in [0.29, 0.717) is 21.7 Å². The van der Waals surface area contributed by atoms with Crippen molar-refractivity contribution in [3.05, 3.63) is 60.4 Å². The van der Waals surface area contributed by atoms with Gasteiger partial charge in [0.15, 0.2) is 5.03 Å². The van der Waals surface area contributed by atoms with E-state index in [1.807, 2.05) is 6.20 Å². The molecule has 0 aromatic carbocycles. The first kappa shape index (κ1) is 16.9. The SMILES string of the molecule is Cn1cc(-c2cnc3cnn(S(=O)(=O)c4cnc5ccc(Cl)cn45)c3c2)cn1. The van der Waals surface area contributed by atoms with E-state index in [4.69, 9.17) is 11.6 Å². The lowest BCUT2D eigenvalue weighted by Crippen LogP contribution is -2.16. The predicted octanol–water partition coefficient (Wildman–Crippen LogP) is 2.37. The molecule has 11 heteroatoms. The molecule has 0 aliphatic rings. The fraction of sp³-hybridized carbons (Fsp3) is 0.0588. The summed E-state index contributed by atoms with van der Waals surface area (Å²) < 4.78 is 30.6. The first-order valence-electron chi connectivity index (χ1n) is 8.14. The van der Waals surface area contributed by atoms with Gasteiger partial charge in [0.25, 0.3) is 0 Å². The minimum atomic E-state index is -4.03. The van der Waals surface area contributed by atoms with Crippen LogP contribution in [0.5, 0.6) is 0 Å². The van der Waals surface area contributed by atoms with Crippen LogP contribution in [0.25, 0.3) is 27.8 Å². The molecule has 0 fully saturated rings. The lowest BCUT2D eigenvalue weighted by molar-refractivity contribution is 0.577. The smallest absolute Gasteiger partial charge is 0.287 e. The number of nitrogens with zero attached hydrogens (tertiary/aromatic N) is 7. The monoisotopic (exact) mass is 413 g/mol. The molecule has 28 heavy (non-hydrogen) atoms. The first-order valence-corrected chi connectivity index (χ1v) is 9.96. The molecule has 0 amide bonds. The van der Waals surface area contributed by atoms with E-state index in [2.05, 4.69) is 20.2 Å². The van der Waals surface area contributed by atoms with Crippen molar-refractivity contribution in [2.45, 2.75) is 5.03 Å². The van der Waals surface area contributed by atoms with E-state index in [9.17, 15) is 8.42 Å². The highest BCUT2D eigenvalue weighted by Crippen LogP contribution is 2.25. The van der Waals surface area contributed by atoms with Crippen LogP contribution in [0.2, 0.25) is 5.02 Å². The first-order chi connectivity index (χ1) is 13.4. The molecule has 140 valence electrons. The molecule has 0 saturated heterocycles. The van der Waals surface area contributed by atoms with Crippen molar-refractivity contribution in [3.63, 3.8) is 0 Å². The summed E-state index contributed by atoms with van der Waals surface area (Å²) in [4.78, 5) is 8.47. The molecule has 0 saturated carbocycles. The molecule has 0 aliphatic carbocycles. The molecule has 9 nitrogen and oxygen atoms in total. The van der Waals surface area contributed by atoms with Crippen LogP contribution in [0.1, 0.15) is 0 Å². The lowest BCUT2D eigenvalue weighted by atomic mass is 10.1. The van der Waals surface area contributed by atoms with Crippen molar-refractivity contribution < 1.29 is 8.42 Å². The molecule has 5 rings (SSSR count). The quantitative estimate of drug-likeness (QED) is 0.450. The molecule has 0 N–H and O–H groups in total. The summed E-state index contributed by atoms with van der Waals surface area (Å²) >= 11 is 6.02. The van der Waals surface area contributed by atoms with Gasteiger partial charge in [0.05, 0.1) is 23.6 Å². The Balaban J connectivity index is 1.72. The average molecular weight is 414 g/mol. The number of rotatable bonds is 3. The average Bonchev–Trinajstić information content (AvgIpc) is 3.38. The number of aryl methyl sites for hydroxylation is 1. The van der Waals surface area contributed by atoms with E-state index in [-0.39, 0.29) is 5.03 Å².